The molecule has 116 valence electrons. The smallest absolute Gasteiger partial charge is 0.350 e. The second-order valence-corrected chi connectivity index (χ2v) is 5.65. The Balaban J connectivity index is 2.26. The Labute approximate surface area is 134 Å². The summed E-state index contributed by atoms with van der Waals surface area (Å²) in [6.07, 6.45) is 1.12. The standard InChI is InChI=1S/C14H12BrNO6/c1-14(2)21-12(19)8(13(20)22-14)6-16-9-5-3-4-7(10(9)15)11(17)18/h3-6,16H,1-2H3,(H,17,18). The van der Waals surface area contributed by atoms with Gasteiger partial charge in [-0.15, -0.1) is 0 Å². The zero-order chi connectivity index (χ0) is 16.5. The van der Waals surface area contributed by atoms with E-state index in [0.717, 1.165) is 6.20 Å². The van der Waals surface area contributed by atoms with Gasteiger partial charge in [0.05, 0.1) is 15.7 Å². The largest absolute Gasteiger partial charge is 0.478 e. The van der Waals surface area contributed by atoms with Gasteiger partial charge in [-0.05, 0) is 28.1 Å². The maximum atomic E-state index is 11.8. The number of esters is 2. The molecule has 2 rings (SSSR count). The van der Waals surface area contributed by atoms with Gasteiger partial charge in [0, 0.05) is 20.0 Å². The number of carboxylic acids is 1. The Hall–Kier alpha value is -2.35. The minimum atomic E-state index is -1.31. The molecule has 1 aromatic rings. The molecule has 0 radical (unpaired) electrons. The Morgan fingerprint density at radius 3 is 2.41 bits per heavy atom. The fourth-order valence-corrected chi connectivity index (χ4v) is 2.29. The summed E-state index contributed by atoms with van der Waals surface area (Å²) >= 11 is 3.15. The van der Waals surface area contributed by atoms with Gasteiger partial charge in [-0.25, -0.2) is 14.4 Å². The number of halogens is 1. The highest BCUT2D eigenvalue weighted by atomic mass is 79.9. The number of hydrogen-bond donors (Lipinski definition) is 2. The minimum Gasteiger partial charge on any atom is -0.478 e. The number of rotatable bonds is 3. The van der Waals surface area contributed by atoms with E-state index >= 15 is 0 Å². The molecule has 8 heteroatoms. The Bertz CT molecular complexity index is 673. The third-order valence-corrected chi connectivity index (χ3v) is 3.57. The number of carboxylic acid groups (broad SMARTS) is 1. The predicted octanol–water partition coefficient (Wildman–Crippen LogP) is 2.28. The molecule has 1 aliphatic heterocycles. The fourth-order valence-electron chi connectivity index (χ4n) is 1.74. The highest BCUT2D eigenvalue weighted by Crippen LogP contribution is 2.28. The van der Waals surface area contributed by atoms with E-state index in [1.54, 1.807) is 6.07 Å². The van der Waals surface area contributed by atoms with Crippen molar-refractivity contribution in [3.05, 3.63) is 40.0 Å². The average molecular weight is 370 g/mol. The van der Waals surface area contributed by atoms with Crippen molar-refractivity contribution in [3.8, 4) is 0 Å². The van der Waals surface area contributed by atoms with E-state index in [0.29, 0.717) is 5.69 Å². The van der Waals surface area contributed by atoms with Gasteiger partial charge in [-0.1, -0.05) is 6.07 Å². The molecular formula is C14H12BrNO6. The first kappa shape index (κ1) is 16.0. The summed E-state index contributed by atoms with van der Waals surface area (Å²) in [6.45, 7) is 2.89. The molecule has 1 heterocycles. The average Bonchev–Trinajstić information content (AvgIpc) is 2.37. The highest BCUT2D eigenvalue weighted by molar-refractivity contribution is 9.10. The lowest BCUT2D eigenvalue weighted by Crippen LogP contribution is -2.42. The van der Waals surface area contributed by atoms with Crippen LogP contribution in [0.15, 0.2) is 34.4 Å². The van der Waals surface area contributed by atoms with Crippen LogP contribution in [0, 0.1) is 0 Å². The monoisotopic (exact) mass is 369 g/mol. The molecule has 0 aromatic heterocycles. The van der Waals surface area contributed by atoms with E-state index in [1.807, 2.05) is 0 Å². The van der Waals surface area contributed by atoms with E-state index in [-0.39, 0.29) is 15.6 Å². The first-order valence-corrected chi connectivity index (χ1v) is 6.96. The number of nitrogens with one attached hydrogen (secondary N) is 1. The van der Waals surface area contributed by atoms with Crippen LogP contribution in [0.1, 0.15) is 24.2 Å². The molecule has 0 spiro atoms. The number of aromatic carboxylic acids is 1. The number of hydrogen-bond acceptors (Lipinski definition) is 6. The summed E-state index contributed by atoms with van der Waals surface area (Å²) in [5, 5.41) is 11.7. The molecule has 1 aromatic carbocycles. The minimum absolute atomic E-state index is 0.0401. The highest BCUT2D eigenvalue weighted by Gasteiger charge is 2.38. The third-order valence-electron chi connectivity index (χ3n) is 2.72. The molecule has 0 atom stereocenters. The summed E-state index contributed by atoms with van der Waals surface area (Å²) in [6, 6.07) is 4.52. The molecule has 1 aliphatic rings. The topological polar surface area (TPSA) is 102 Å². The molecule has 22 heavy (non-hydrogen) atoms. The van der Waals surface area contributed by atoms with E-state index in [1.165, 1.54) is 26.0 Å². The van der Waals surface area contributed by atoms with E-state index in [4.69, 9.17) is 14.6 Å². The maximum Gasteiger partial charge on any atom is 0.350 e. The van der Waals surface area contributed by atoms with Crippen LogP contribution < -0.4 is 5.32 Å². The van der Waals surface area contributed by atoms with Crippen LogP contribution in [0.2, 0.25) is 0 Å². The lowest BCUT2D eigenvalue weighted by molar-refractivity contribution is -0.222. The molecule has 0 bridgehead atoms. The molecule has 0 saturated carbocycles. The van der Waals surface area contributed by atoms with E-state index in [2.05, 4.69) is 21.2 Å². The molecular weight excluding hydrogens is 358 g/mol. The van der Waals surface area contributed by atoms with Crippen molar-refractivity contribution >= 4 is 39.5 Å². The van der Waals surface area contributed by atoms with Crippen molar-refractivity contribution in [2.45, 2.75) is 19.6 Å². The summed E-state index contributed by atoms with van der Waals surface area (Å²) < 4.78 is 10.2. The van der Waals surface area contributed by atoms with Gasteiger partial charge in [0.15, 0.2) is 5.57 Å². The van der Waals surface area contributed by atoms with E-state index < -0.39 is 23.7 Å². The van der Waals surface area contributed by atoms with Crippen LogP contribution in [0.5, 0.6) is 0 Å². The third kappa shape index (κ3) is 3.28. The summed E-state index contributed by atoms with van der Waals surface area (Å²) in [4.78, 5) is 34.6. The van der Waals surface area contributed by atoms with Crippen molar-refractivity contribution in [1.29, 1.82) is 0 Å². The number of carbonyl (C=O) groups is 3. The molecule has 7 nitrogen and oxygen atoms in total. The normalized spacial score (nSPS) is 16.6. The zero-order valence-corrected chi connectivity index (χ0v) is 13.3. The number of benzene rings is 1. The van der Waals surface area contributed by atoms with E-state index in [9.17, 15) is 14.4 Å². The van der Waals surface area contributed by atoms with Crippen LogP contribution in [0.3, 0.4) is 0 Å². The Morgan fingerprint density at radius 1 is 1.27 bits per heavy atom. The first-order chi connectivity index (χ1) is 10.2. The van der Waals surface area contributed by atoms with Gasteiger partial charge < -0.3 is 19.9 Å². The lowest BCUT2D eigenvalue weighted by atomic mass is 10.2. The quantitative estimate of drug-likeness (QED) is 0.478. The van der Waals surface area contributed by atoms with Crippen molar-refractivity contribution < 1.29 is 29.0 Å². The van der Waals surface area contributed by atoms with Crippen LogP contribution in [-0.4, -0.2) is 28.8 Å². The number of carbonyl (C=O) groups excluding carboxylic acids is 2. The predicted molar refractivity (Wildman–Crippen MR) is 79.1 cm³/mol. The molecule has 0 unspecified atom stereocenters. The molecule has 1 saturated heterocycles. The Morgan fingerprint density at radius 2 is 1.86 bits per heavy atom. The molecule has 2 N–H and O–H groups in total. The van der Waals surface area contributed by atoms with Gasteiger partial charge in [-0.2, -0.15) is 0 Å². The summed E-state index contributed by atoms with van der Waals surface area (Å²) in [5.74, 6) is -4.06. The molecule has 0 aliphatic carbocycles. The van der Waals surface area contributed by atoms with Crippen molar-refractivity contribution in [2.24, 2.45) is 0 Å². The van der Waals surface area contributed by atoms with Crippen molar-refractivity contribution in [2.75, 3.05) is 5.32 Å². The summed E-state index contributed by atoms with van der Waals surface area (Å²) in [7, 11) is 0. The van der Waals surface area contributed by atoms with Crippen molar-refractivity contribution in [1.82, 2.24) is 0 Å². The van der Waals surface area contributed by atoms with Crippen LogP contribution in [-0.2, 0) is 19.1 Å². The molecule has 0 amide bonds. The number of anilines is 1. The SMILES string of the molecule is CC1(C)OC(=O)C(=CNc2cccc(C(=O)O)c2Br)C(=O)O1. The van der Waals surface area contributed by atoms with Crippen LogP contribution in [0.25, 0.3) is 0 Å². The number of cyclic esters (lactones) is 2. The van der Waals surface area contributed by atoms with Crippen molar-refractivity contribution in [3.63, 3.8) is 0 Å². The van der Waals surface area contributed by atoms with Gasteiger partial charge >= 0.3 is 17.9 Å². The summed E-state index contributed by atoms with van der Waals surface area (Å²) in [5.41, 5.74) is 0.100. The zero-order valence-electron chi connectivity index (χ0n) is 11.7. The van der Waals surface area contributed by atoms with Gasteiger partial charge in [0.2, 0.25) is 0 Å². The van der Waals surface area contributed by atoms with Gasteiger partial charge in [-0.3, -0.25) is 0 Å². The van der Waals surface area contributed by atoms with Gasteiger partial charge in [0.1, 0.15) is 0 Å². The number of ether oxygens (including phenoxy) is 2. The van der Waals surface area contributed by atoms with Gasteiger partial charge in [0.25, 0.3) is 5.79 Å². The fraction of sp³-hybridized carbons (Fsp3) is 0.214. The second kappa shape index (κ2) is 5.80. The van der Waals surface area contributed by atoms with Crippen LogP contribution >= 0.6 is 15.9 Å². The first-order valence-electron chi connectivity index (χ1n) is 6.16. The second-order valence-electron chi connectivity index (χ2n) is 4.85. The van der Waals surface area contributed by atoms with Crippen LogP contribution in [0.4, 0.5) is 5.69 Å². The Kier molecular flexibility index (Phi) is 4.23. The lowest BCUT2D eigenvalue weighted by Gasteiger charge is -2.29. The molecule has 1 fully saturated rings. The maximum absolute atomic E-state index is 11.8.